The van der Waals surface area contributed by atoms with Crippen LogP contribution in [0.3, 0.4) is 0 Å². The number of hydrogen-bond acceptors (Lipinski definition) is 4. The number of nitro groups is 1. The van der Waals surface area contributed by atoms with Crippen LogP contribution in [0.1, 0.15) is 5.56 Å². The fraction of sp³-hybridized carbons (Fsp3) is 0.231. The summed E-state index contributed by atoms with van der Waals surface area (Å²) in [6.45, 7) is 4.67. The van der Waals surface area contributed by atoms with Gasteiger partial charge < -0.3 is 15.3 Å². The molecule has 2 N–H and O–H groups in total. The Morgan fingerprint density at radius 3 is 2.67 bits per heavy atom. The number of rotatable bonds is 6. The second-order valence-electron chi connectivity index (χ2n) is 4.25. The van der Waals surface area contributed by atoms with Gasteiger partial charge in [0.1, 0.15) is 6.54 Å². The number of aliphatic carboxylic acids is 1. The molecular formula is C13H15N3O5. The van der Waals surface area contributed by atoms with Crippen LogP contribution >= 0.6 is 0 Å². The first kappa shape index (κ1) is 16.2. The van der Waals surface area contributed by atoms with Gasteiger partial charge in [0.25, 0.3) is 5.69 Å². The summed E-state index contributed by atoms with van der Waals surface area (Å²) in [5.74, 6) is -1.15. The Hall–Kier alpha value is -2.90. The van der Waals surface area contributed by atoms with Crippen molar-refractivity contribution in [3.05, 3.63) is 46.5 Å². The molecule has 0 aliphatic carbocycles. The third-order valence-corrected chi connectivity index (χ3v) is 2.63. The van der Waals surface area contributed by atoms with Gasteiger partial charge in [0.15, 0.2) is 0 Å². The molecule has 8 nitrogen and oxygen atoms in total. The summed E-state index contributed by atoms with van der Waals surface area (Å²) >= 11 is 0. The van der Waals surface area contributed by atoms with Crippen molar-refractivity contribution in [3.8, 4) is 0 Å². The molecule has 0 unspecified atom stereocenters. The summed E-state index contributed by atoms with van der Waals surface area (Å²) in [5.41, 5.74) is 0.801. The highest BCUT2D eigenvalue weighted by atomic mass is 16.6. The van der Waals surface area contributed by atoms with Crippen molar-refractivity contribution in [3.63, 3.8) is 0 Å². The molecule has 0 aromatic heterocycles. The molecule has 0 aliphatic heterocycles. The smallest absolute Gasteiger partial charge is 0.323 e. The van der Waals surface area contributed by atoms with Crippen molar-refractivity contribution >= 4 is 23.4 Å². The normalized spacial score (nSPS) is 9.76. The van der Waals surface area contributed by atoms with Crippen LogP contribution in [0.15, 0.2) is 30.9 Å². The first-order valence-corrected chi connectivity index (χ1v) is 5.98. The molecule has 0 atom stereocenters. The van der Waals surface area contributed by atoms with Crippen LogP contribution in [-0.2, 0) is 4.79 Å². The summed E-state index contributed by atoms with van der Waals surface area (Å²) in [6.07, 6.45) is 1.41. The maximum Gasteiger partial charge on any atom is 0.323 e. The lowest BCUT2D eigenvalue weighted by atomic mass is 10.2. The lowest BCUT2D eigenvalue weighted by Crippen LogP contribution is -2.38. The molecule has 0 spiro atoms. The lowest BCUT2D eigenvalue weighted by Gasteiger charge is -2.20. The van der Waals surface area contributed by atoms with Gasteiger partial charge in [0.2, 0.25) is 0 Å². The maximum atomic E-state index is 12.0. The molecule has 0 saturated heterocycles. The number of carboxylic acids is 1. The van der Waals surface area contributed by atoms with Gasteiger partial charge in [-0.3, -0.25) is 14.9 Å². The quantitative estimate of drug-likeness (QED) is 0.473. The van der Waals surface area contributed by atoms with Gasteiger partial charge in [-0.05, 0) is 18.6 Å². The van der Waals surface area contributed by atoms with E-state index in [-0.39, 0.29) is 12.2 Å². The van der Waals surface area contributed by atoms with Crippen LogP contribution in [0, 0.1) is 17.0 Å². The molecule has 21 heavy (non-hydrogen) atoms. The zero-order valence-electron chi connectivity index (χ0n) is 11.4. The molecule has 8 heteroatoms. The van der Waals surface area contributed by atoms with Crippen LogP contribution in [0.25, 0.3) is 0 Å². The Balaban J connectivity index is 2.88. The van der Waals surface area contributed by atoms with Gasteiger partial charge in [-0.15, -0.1) is 6.58 Å². The zero-order chi connectivity index (χ0) is 16.0. The van der Waals surface area contributed by atoms with Gasteiger partial charge in [-0.25, -0.2) is 4.79 Å². The molecule has 2 amide bonds. The molecule has 0 bridgehead atoms. The second-order valence-corrected chi connectivity index (χ2v) is 4.25. The molecule has 1 aromatic carbocycles. The predicted molar refractivity (Wildman–Crippen MR) is 76.3 cm³/mol. The van der Waals surface area contributed by atoms with Crippen molar-refractivity contribution in [1.29, 1.82) is 0 Å². The molecule has 0 aliphatic rings. The van der Waals surface area contributed by atoms with Crippen LogP contribution in [0.4, 0.5) is 16.2 Å². The molecule has 1 rings (SSSR count). The average Bonchev–Trinajstić information content (AvgIpc) is 2.39. The highest BCUT2D eigenvalue weighted by Crippen LogP contribution is 2.21. The fourth-order valence-electron chi connectivity index (χ4n) is 1.63. The molecule has 0 fully saturated rings. The van der Waals surface area contributed by atoms with Gasteiger partial charge >= 0.3 is 12.0 Å². The minimum absolute atomic E-state index is 0.0736. The van der Waals surface area contributed by atoms with Crippen molar-refractivity contribution in [1.82, 2.24) is 4.90 Å². The number of amides is 2. The van der Waals surface area contributed by atoms with E-state index in [2.05, 4.69) is 11.9 Å². The van der Waals surface area contributed by atoms with Gasteiger partial charge in [-0.2, -0.15) is 0 Å². The van der Waals surface area contributed by atoms with Gasteiger partial charge in [-0.1, -0.05) is 6.08 Å². The standard InChI is InChI=1S/C13H15N3O5/c1-3-6-15(8-12(17)18)13(19)14-11-5-4-10(16(20)21)7-9(11)2/h3-5,7H,1,6,8H2,2H3,(H,14,19)(H,17,18). The third-order valence-electron chi connectivity index (χ3n) is 2.63. The minimum Gasteiger partial charge on any atom is -0.480 e. The zero-order valence-corrected chi connectivity index (χ0v) is 11.4. The number of urea groups is 1. The summed E-state index contributed by atoms with van der Waals surface area (Å²) in [5, 5.41) is 21.9. The van der Waals surface area contributed by atoms with Crippen molar-refractivity contribution in [2.24, 2.45) is 0 Å². The molecular weight excluding hydrogens is 278 g/mol. The number of aryl methyl sites for hydroxylation is 1. The van der Waals surface area contributed by atoms with E-state index in [1.807, 2.05) is 0 Å². The Bertz CT molecular complexity index is 585. The van der Waals surface area contributed by atoms with Crippen LogP contribution in [0.5, 0.6) is 0 Å². The highest BCUT2D eigenvalue weighted by Gasteiger charge is 2.17. The minimum atomic E-state index is -1.15. The number of nitro benzene ring substituents is 1. The molecule has 0 heterocycles. The van der Waals surface area contributed by atoms with Crippen LogP contribution in [0.2, 0.25) is 0 Å². The summed E-state index contributed by atoms with van der Waals surface area (Å²) < 4.78 is 0. The third kappa shape index (κ3) is 4.60. The van der Waals surface area contributed by atoms with E-state index in [9.17, 15) is 19.7 Å². The van der Waals surface area contributed by atoms with Crippen LogP contribution < -0.4 is 5.32 Å². The largest absolute Gasteiger partial charge is 0.480 e. The van der Waals surface area contributed by atoms with E-state index in [0.717, 1.165) is 4.90 Å². The van der Waals surface area contributed by atoms with Crippen molar-refractivity contribution in [2.45, 2.75) is 6.92 Å². The number of carbonyl (C=O) groups excluding carboxylic acids is 1. The second kappa shape index (κ2) is 7.04. The van der Waals surface area contributed by atoms with Gasteiger partial charge in [0.05, 0.1) is 4.92 Å². The summed E-state index contributed by atoms with van der Waals surface area (Å²) in [7, 11) is 0. The number of benzene rings is 1. The Morgan fingerprint density at radius 1 is 1.52 bits per heavy atom. The summed E-state index contributed by atoms with van der Waals surface area (Å²) in [6, 6.07) is 3.37. The number of carboxylic acid groups (broad SMARTS) is 1. The molecule has 112 valence electrons. The van der Waals surface area contributed by atoms with E-state index in [1.54, 1.807) is 6.92 Å². The number of anilines is 1. The Kier molecular flexibility index (Phi) is 5.41. The lowest BCUT2D eigenvalue weighted by molar-refractivity contribution is -0.384. The summed E-state index contributed by atoms with van der Waals surface area (Å²) in [4.78, 5) is 33.8. The Morgan fingerprint density at radius 2 is 2.19 bits per heavy atom. The van der Waals surface area contributed by atoms with Crippen molar-refractivity contribution in [2.75, 3.05) is 18.4 Å². The first-order chi connectivity index (χ1) is 9.85. The van der Waals surface area contributed by atoms with E-state index >= 15 is 0 Å². The SMILES string of the molecule is C=CCN(CC(=O)O)C(=O)Nc1ccc([N+](=O)[O-])cc1C. The van der Waals surface area contributed by atoms with E-state index in [4.69, 9.17) is 5.11 Å². The van der Waals surface area contributed by atoms with Gasteiger partial charge in [0, 0.05) is 24.4 Å². The number of nitrogens with one attached hydrogen (secondary N) is 1. The predicted octanol–water partition coefficient (Wildman–Crippen LogP) is 2.01. The first-order valence-electron chi connectivity index (χ1n) is 5.98. The number of carbonyl (C=O) groups is 2. The van der Waals surface area contributed by atoms with Crippen LogP contribution in [-0.4, -0.2) is 40.0 Å². The Labute approximate surface area is 120 Å². The number of hydrogen-bond donors (Lipinski definition) is 2. The van der Waals surface area contributed by atoms with E-state index in [1.165, 1.54) is 24.3 Å². The highest BCUT2D eigenvalue weighted by molar-refractivity contribution is 5.92. The molecule has 0 radical (unpaired) electrons. The topological polar surface area (TPSA) is 113 Å². The molecule has 1 aromatic rings. The van der Waals surface area contributed by atoms with E-state index in [0.29, 0.717) is 11.3 Å². The molecule has 0 saturated carbocycles. The fourth-order valence-corrected chi connectivity index (χ4v) is 1.63. The van der Waals surface area contributed by atoms with E-state index < -0.39 is 23.5 Å². The average molecular weight is 293 g/mol. The number of nitrogens with zero attached hydrogens (tertiary/aromatic N) is 2. The number of non-ortho nitro benzene ring substituents is 1. The monoisotopic (exact) mass is 293 g/mol. The maximum absolute atomic E-state index is 12.0. The van der Waals surface area contributed by atoms with Crippen molar-refractivity contribution < 1.29 is 19.6 Å².